The van der Waals surface area contributed by atoms with Gasteiger partial charge in [-0.05, 0) is 222 Å². The zero-order valence-electron chi connectivity index (χ0n) is 64.4. The van der Waals surface area contributed by atoms with E-state index in [1.165, 1.54) is 102 Å². The maximum Gasteiger partial charge on any atom is 0.348 e. The number of carboxylic acid groups (broad SMARTS) is 1. The molecule has 3 atom stereocenters. The van der Waals surface area contributed by atoms with E-state index in [4.69, 9.17) is 15.3 Å². The maximum absolute atomic E-state index is 13.5. The third-order valence-electron chi connectivity index (χ3n) is 17.9. The fourth-order valence-electron chi connectivity index (χ4n) is 11.7. The number of hydrogen-bond acceptors (Lipinski definition) is 21. The SMILES string of the molecule is CC(Br)c1nc2ncccc2c(=O)n1-c1ccc(F)cc1.CCc1nc2ncccc2c(=O)n1-c1ccc(F)cc1.CCc1nc2ncccc2c(=O)o1.CNC(C)c1nc2ncccc2c(=O)n1-c1ccc(F)cc1.Cc1cccc(NC(=O)N(C)C(C)c2nc3ncccc3c(=O)n2-c2ccc(F)cc2)c1.Nc1ncccc1C(=O)O. The fraction of sp³-hybridized carbons (Fsp3) is 0.153. The highest BCUT2D eigenvalue weighted by molar-refractivity contribution is 9.09. The Hall–Kier alpha value is -14.6. The van der Waals surface area contributed by atoms with E-state index in [0.717, 1.165) is 5.56 Å². The van der Waals surface area contributed by atoms with Crippen molar-refractivity contribution in [1.29, 1.82) is 0 Å². The lowest BCUT2D eigenvalue weighted by Crippen LogP contribution is -2.37. The average Bonchev–Trinajstić information content (AvgIpc) is 0.770. The Morgan fingerprint density at radius 2 is 0.856 bits per heavy atom. The van der Waals surface area contributed by atoms with Crippen LogP contribution >= 0.6 is 15.9 Å². The molecule has 0 bridgehead atoms. The van der Waals surface area contributed by atoms with Crippen molar-refractivity contribution in [1.82, 2.24) is 83.3 Å². The van der Waals surface area contributed by atoms with Crippen LogP contribution in [0.4, 0.5) is 33.9 Å². The van der Waals surface area contributed by atoms with Gasteiger partial charge in [0.15, 0.2) is 34.1 Å². The summed E-state index contributed by atoms with van der Waals surface area (Å²) in [5.74, 6) is -0.0507. The predicted octanol–water partition coefficient (Wildman–Crippen LogP) is 14.0. The lowest BCUT2D eigenvalue weighted by Gasteiger charge is -2.27. The van der Waals surface area contributed by atoms with Crippen LogP contribution in [0.25, 0.3) is 77.9 Å². The van der Waals surface area contributed by atoms with Gasteiger partial charge in [-0.1, -0.05) is 41.9 Å². The minimum absolute atomic E-state index is 0.0440. The second-order valence-corrected chi connectivity index (χ2v) is 27.2. The second-order valence-electron chi connectivity index (χ2n) is 25.8. The van der Waals surface area contributed by atoms with Crippen molar-refractivity contribution >= 4 is 94.6 Å². The van der Waals surface area contributed by atoms with Crippen molar-refractivity contribution < 1.29 is 36.7 Å². The van der Waals surface area contributed by atoms with Crippen molar-refractivity contribution in [2.24, 2.45) is 0 Å². The normalized spacial score (nSPS) is 11.6. The van der Waals surface area contributed by atoms with E-state index in [1.807, 2.05) is 52.8 Å². The van der Waals surface area contributed by atoms with Gasteiger partial charge in [0.1, 0.15) is 63.3 Å². The van der Waals surface area contributed by atoms with Crippen molar-refractivity contribution in [3.63, 3.8) is 0 Å². The largest absolute Gasteiger partial charge is 0.478 e. The van der Waals surface area contributed by atoms with Gasteiger partial charge in [0.25, 0.3) is 22.2 Å². The number of nitrogens with zero attached hydrogens (tertiary/aromatic N) is 16. The van der Waals surface area contributed by atoms with Crippen LogP contribution in [0.15, 0.2) is 260 Å². The molecule has 3 unspecified atom stereocenters. The average molecular weight is 1660 g/mol. The molecular weight excluding hydrogens is 1590 g/mol. The van der Waals surface area contributed by atoms with Gasteiger partial charge in [0, 0.05) is 62.8 Å². The monoisotopic (exact) mass is 1660 g/mol. The third-order valence-corrected chi connectivity index (χ3v) is 18.3. The minimum atomic E-state index is -1.05. The van der Waals surface area contributed by atoms with E-state index < -0.39 is 17.8 Å². The van der Waals surface area contributed by atoms with Crippen molar-refractivity contribution in [2.45, 2.75) is 71.3 Å². The van der Waals surface area contributed by atoms with E-state index in [-0.39, 0.29) is 79.2 Å². The Kier molecular flexibility index (Phi) is 27.5. The third kappa shape index (κ3) is 19.8. The van der Waals surface area contributed by atoms with Crippen LogP contribution < -0.4 is 44.2 Å². The molecule has 0 radical (unpaired) electrons. The van der Waals surface area contributed by atoms with Gasteiger partial charge >= 0.3 is 17.6 Å². The zero-order valence-corrected chi connectivity index (χ0v) is 66.0. The number of carbonyl (C=O) groups is 2. The van der Waals surface area contributed by atoms with Crippen LogP contribution in [0.2, 0.25) is 0 Å². The summed E-state index contributed by atoms with van der Waals surface area (Å²) in [6.07, 6.45) is 10.6. The molecule has 16 aromatic rings. The number of aromatic nitrogens is 15. The molecule has 5 aromatic carbocycles. The number of amides is 2. The number of nitrogen functional groups attached to an aromatic ring is 1. The standard InChI is InChI=1S/C24H22FN5O2.C16H15FN4O.C15H11BrFN3O.C15H12FN3O.C9H8N2O2.C6H6N2O2/c1-15-6-4-7-18(14-15)27-24(32)29(3)16(2)22-28-21-20(8-5-13-26-21)23(31)30(22)19-11-9-17(25)10-12-19;1-10(18-2)15-20-14-13(4-3-9-19-14)16(22)21(15)12-7-5-11(17)6-8-12;1-9(16)14-19-13-12(3-2-8-18-13)15(21)20(14)11-6-4-10(17)5-7-11;1-2-13-18-14-12(4-3-9-17-14)15(20)19(13)11-7-5-10(16)6-8-11;1-2-7-11-8-6(9(12)13-7)4-3-5-10-8;7-5-4(6(9)10)2-1-3-8-5/h4-14,16H,1-3H3,(H,27,32);3-10,18H,1-2H3;2-9H,1H3;3-9H,2H2,1H3;3-5H,2H2,1H3;1-3H,(H2,7,8)(H,9,10). The first-order chi connectivity index (χ1) is 56.8. The second kappa shape index (κ2) is 38.5. The number of carbonyl (C=O) groups excluding carboxylic acids is 1. The number of hydrogen-bond donors (Lipinski definition) is 4. The number of anilines is 2. The first-order valence-electron chi connectivity index (χ1n) is 36.4. The molecule has 5 N–H and O–H groups in total. The fourth-order valence-corrected chi connectivity index (χ4v) is 12.0. The number of fused-ring (bicyclic) bond motifs is 5. The van der Waals surface area contributed by atoms with Crippen LogP contribution in [0.1, 0.15) is 96.6 Å². The topological polar surface area (TPSA) is 368 Å². The van der Waals surface area contributed by atoms with Crippen molar-refractivity contribution in [3.8, 4) is 22.7 Å². The van der Waals surface area contributed by atoms with E-state index in [1.54, 1.807) is 155 Å². The molecule has 2 amide bonds. The van der Waals surface area contributed by atoms with Gasteiger partial charge < -0.3 is 30.8 Å². The summed E-state index contributed by atoms with van der Waals surface area (Å²) in [4.78, 5) is 133. The number of benzene rings is 5. The van der Waals surface area contributed by atoms with Gasteiger partial charge in [-0.3, -0.25) is 37.4 Å². The van der Waals surface area contributed by atoms with Crippen LogP contribution in [0, 0.1) is 30.2 Å². The molecule has 0 aliphatic heterocycles. The summed E-state index contributed by atoms with van der Waals surface area (Å²) in [5.41, 5.74) is 9.80. The Bertz CT molecular complexity index is 6640. The molecule has 16 rings (SSSR count). The number of halogens is 5. The molecular formula is C85H74BrF4N19O9. The summed E-state index contributed by atoms with van der Waals surface area (Å²) >= 11 is 3.44. The molecule has 0 saturated carbocycles. The number of pyridine rings is 6. The minimum Gasteiger partial charge on any atom is -0.478 e. The highest BCUT2D eigenvalue weighted by Crippen LogP contribution is 2.26. The summed E-state index contributed by atoms with van der Waals surface area (Å²) < 4.78 is 63.6. The molecule has 11 aromatic heterocycles. The number of nitrogens with two attached hydrogens (primary N) is 1. The summed E-state index contributed by atoms with van der Waals surface area (Å²) in [7, 11) is 3.41. The molecule has 0 saturated heterocycles. The smallest absolute Gasteiger partial charge is 0.348 e. The van der Waals surface area contributed by atoms with Gasteiger partial charge in [-0.2, -0.15) is 4.98 Å². The molecule has 0 fully saturated rings. The molecule has 0 aliphatic rings. The summed E-state index contributed by atoms with van der Waals surface area (Å²) in [5, 5.41) is 16.4. The number of rotatable bonds is 13. The van der Waals surface area contributed by atoms with E-state index in [0.29, 0.717) is 120 Å². The Morgan fingerprint density at radius 1 is 0.483 bits per heavy atom. The van der Waals surface area contributed by atoms with Crippen LogP contribution in [-0.2, 0) is 12.8 Å². The predicted molar refractivity (Wildman–Crippen MR) is 444 cm³/mol. The Labute approximate surface area is 677 Å². The van der Waals surface area contributed by atoms with Crippen LogP contribution in [0.3, 0.4) is 0 Å². The molecule has 0 aliphatic carbocycles. The number of alkyl halides is 1. The molecule has 33 heteroatoms. The number of carboxylic acids is 1. The quantitative estimate of drug-likeness (QED) is 0.0615. The van der Waals surface area contributed by atoms with Gasteiger partial charge in [0.2, 0.25) is 0 Å². The van der Waals surface area contributed by atoms with Crippen LogP contribution in [0.5, 0.6) is 0 Å². The summed E-state index contributed by atoms with van der Waals surface area (Å²) in [6, 6.07) is 48.9. The lowest BCUT2D eigenvalue weighted by atomic mass is 10.2. The van der Waals surface area contributed by atoms with Gasteiger partial charge in [0.05, 0.1) is 61.2 Å². The van der Waals surface area contributed by atoms with Gasteiger partial charge in [-0.15, -0.1) is 0 Å². The maximum atomic E-state index is 13.5. The van der Waals surface area contributed by atoms with Crippen LogP contribution in [-0.4, -0.2) is 109 Å². The summed E-state index contributed by atoms with van der Waals surface area (Å²) in [6.45, 7) is 11.3. The Balaban J connectivity index is 0.000000143. The first-order valence-corrected chi connectivity index (χ1v) is 37.3. The number of aromatic carboxylic acids is 1. The Morgan fingerprint density at radius 3 is 1.25 bits per heavy atom. The van der Waals surface area contributed by atoms with E-state index >= 15 is 0 Å². The molecule has 598 valence electrons. The molecule has 0 spiro atoms. The molecule has 11 heterocycles. The number of urea groups is 1. The highest BCUT2D eigenvalue weighted by atomic mass is 79.9. The van der Waals surface area contributed by atoms with Crippen molar-refractivity contribution in [3.05, 3.63) is 347 Å². The van der Waals surface area contributed by atoms with E-state index in [9.17, 15) is 51.1 Å². The highest BCUT2D eigenvalue weighted by Gasteiger charge is 2.26. The zero-order chi connectivity index (χ0) is 84.4. The lowest BCUT2D eigenvalue weighted by molar-refractivity contribution is 0.0697. The van der Waals surface area contributed by atoms with Gasteiger partial charge in [-0.25, -0.2) is 81.8 Å². The van der Waals surface area contributed by atoms with Crippen molar-refractivity contribution in [2.75, 3.05) is 25.1 Å². The number of aryl methyl sites for hydroxylation is 3. The molecule has 28 nitrogen and oxygen atoms in total. The van der Waals surface area contributed by atoms with E-state index in [2.05, 4.69) is 81.4 Å². The number of nitrogens with one attached hydrogen (secondary N) is 2. The first kappa shape index (κ1) is 84.3. The molecule has 118 heavy (non-hydrogen) atoms.